The van der Waals surface area contributed by atoms with Gasteiger partial charge in [0.05, 0.1) is 10.5 Å². The highest BCUT2D eigenvalue weighted by molar-refractivity contribution is 6.30. The third kappa shape index (κ3) is 2.86. The van der Waals surface area contributed by atoms with Crippen LogP contribution in [0, 0.1) is 21.4 Å². The van der Waals surface area contributed by atoms with E-state index >= 15 is 0 Å². The van der Waals surface area contributed by atoms with Crippen molar-refractivity contribution in [1.29, 1.82) is 5.26 Å². The lowest BCUT2D eigenvalue weighted by atomic mass is 10.2. The summed E-state index contributed by atoms with van der Waals surface area (Å²) in [5.41, 5.74) is 0.873. The molecule has 1 aromatic heterocycles. The van der Waals surface area contributed by atoms with Gasteiger partial charge in [0.1, 0.15) is 11.8 Å². The van der Waals surface area contributed by atoms with Crippen molar-refractivity contribution in [2.75, 3.05) is 0 Å². The van der Waals surface area contributed by atoms with Crippen LogP contribution >= 0.6 is 11.6 Å². The Morgan fingerprint density at radius 1 is 1.26 bits per heavy atom. The van der Waals surface area contributed by atoms with Crippen LogP contribution in [0.5, 0.6) is 0 Å². The van der Waals surface area contributed by atoms with Gasteiger partial charge >= 0.3 is 0 Å². The number of halogens is 1. The first-order valence-corrected chi connectivity index (χ1v) is 6.71. The van der Waals surface area contributed by atoms with E-state index in [2.05, 4.69) is 15.4 Å². The molecule has 0 aliphatic rings. The van der Waals surface area contributed by atoms with Gasteiger partial charge in [0.2, 0.25) is 5.82 Å². The molecule has 0 aliphatic carbocycles. The zero-order valence-electron chi connectivity index (χ0n) is 11.4. The first-order valence-electron chi connectivity index (χ1n) is 6.33. The molecule has 8 nitrogen and oxygen atoms in total. The van der Waals surface area contributed by atoms with Gasteiger partial charge in [-0.1, -0.05) is 23.7 Å². The fraction of sp³-hybridized carbons (Fsp3) is 0. The summed E-state index contributed by atoms with van der Waals surface area (Å²) in [6.07, 6.45) is 0. The number of nitriles is 1. The maximum atomic E-state index is 10.8. The number of non-ortho nitro benzene ring substituents is 1. The van der Waals surface area contributed by atoms with E-state index in [0.29, 0.717) is 22.1 Å². The SMILES string of the molecule is N#Cc1cc([N+](=O)[O-])ccc1-n1nnc(-c2cccc(Cl)c2)n1. The molecule has 9 heteroatoms. The van der Waals surface area contributed by atoms with Crippen LogP contribution in [0.25, 0.3) is 17.1 Å². The monoisotopic (exact) mass is 326 g/mol. The number of tetrazole rings is 1. The van der Waals surface area contributed by atoms with E-state index in [1.165, 1.54) is 12.1 Å². The molecule has 0 bridgehead atoms. The van der Waals surface area contributed by atoms with Crippen molar-refractivity contribution >= 4 is 17.3 Å². The van der Waals surface area contributed by atoms with Gasteiger partial charge in [0.25, 0.3) is 5.69 Å². The number of rotatable bonds is 3. The molecule has 0 aliphatic heterocycles. The summed E-state index contributed by atoms with van der Waals surface area (Å²) in [6.45, 7) is 0. The molecule has 1 heterocycles. The van der Waals surface area contributed by atoms with Crippen LogP contribution in [0.15, 0.2) is 42.5 Å². The summed E-state index contributed by atoms with van der Waals surface area (Å²) in [7, 11) is 0. The van der Waals surface area contributed by atoms with E-state index in [4.69, 9.17) is 16.9 Å². The van der Waals surface area contributed by atoms with Crippen molar-refractivity contribution in [3.63, 3.8) is 0 Å². The Balaban J connectivity index is 2.04. The summed E-state index contributed by atoms with van der Waals surface area (Å²) in [4.78, 5) is 11.3. The minimum Gasteiger partial charge on any atom is -0.258 e. The van der Waals surface area contributed by atoms with E-state index in [1.54, 1.807) is 24.3 Å². The molecule has 3 aromatic rings. The number of nitro benzene ring substituents is 1. The summed E-state index contributed by atoms with van der Waals surface area (Å²) >= 11 is 5.92. The van der Waals surface area contributed by atoms with Gasteiger partial charge in [0, 0.05) is 22.7 Å². The van der Waals surface area contributed by atoms with Crippen molar-refractivity contribution in [2.24, 2.45) is 0 Å². The lowest BCUT2D eigenvalue weighted by Crippen LogP contribution is -2.03. The van der Waals surface area contributed by atoms with Crippen LogP contribution in [-0.4, -0.2) is 25.1 Å². The highest BCUT2D eigenvalue weighted by Crippen LogP contribution is 2.22. The molecule has 0 radical (unpaired) electrons. The lowest BCUT2D eigenvalue weighted by molar-refractivity contribution is -0.384. The molecular weight excluding hydrogens is 320 g/mol. The van der Waals surface area contributed by atoms with Crippen LogP contribution < -0.4 is 0 Å². The van der Waals surface area contributed by atoms with Crippen LogP contribution in [0.2, 0.25) is 5.02 Å². The molecule has 3 rings (SSSR count). The van der Waals surface area contributed by atoms with Gasteiger partial charge in [-0.3, -0.25) is 10.1 Å². The number of aromatic nitrogens is 4. The molecule has 23 heavy (non-hydrogen) atoms. The first kappa shape index (κ1) is 14.6. The van der Waals surface area contributed by atoms with E-state index < -0.39 is 4.92 Å². The molecule has 0 fully saturated rings. The number of hydrogen-bond acceptors (Lipinski definition) is 6. The Morgan fingerprint density at radius 3 is 2.78 bits per heavy atom. The van der Waals surface area contributed by atoms with E-state index in [9.17, 15) is 10.1 Å². The van der Waals surface area contributed by atoms with Crippen molar-refractivity contribution in [3.8, 4) is 23.1 Å². The van der Waals surface area contributed by atoms with Gasteiger partial charge < -0.3 is 0 Å². The predicted octanol–water partition coefficient (Wildman–Crippen LogP) is 2.76. The molecule has 0 saturated heterocycles. The average Bonchev–Trinajstić information content (AvgIpc) is 3.04. The summed E-state index contributed by atoms with van der Waals surface area (Å²) < 4.78 is 0. The predicted molar refractivity (Wildman–Crippen MR) is 81.0 cm³/mol. The smallest absolute Gasteiger partial charge is 0.258 e. The number of nitro groups is 1. The Kier molecular flexibility index (Phi) is 3.70. The normalized spacial score (nSPS) is 10.3. The molecule has 0 atom stereocenters. The Hall–Kier alpha value is -3.31. The Labute approximate surface area is 134 Å². The van der Waals surface area contributed by atoms with E-state index in [1.807, 2.05) is 6.07 Å². The van der Waals surface area contributed by atoms with Crippen LogP contribution in [-0.2, 0) is 0 Å². The van der Waals surface area contributed by atoms with Crippen LogP contribution in [0.4, 0.5) is 5.69 Å². The molecular formula is C14H7ClN6O2. The Bertz CT molecular complexity index is 946. The minimum atomic E-state index is -0.573. The van der Waals surface area contributed by atoms with Gasteiger partial charge in [-0.15, -0.1) is 15.0 Å². The second-order valence-corrected chi connectivity index (χ2v) is 4.92. The number of hydrogen-bond donors (Lipinski definition) is 0. The van der Waals surface area contributed by atoms with Crippen LogP contribution in [0.1, 0.15) is 5.56 Å². The number of benzene rings is 2. The lowest BCUT2D eigenvalue weighted by Gasteiger charge is -2.01. The highest BCUT2D eigenvalue weighted by Gasteiger charge is 2.15. The van der Waals surface area contributed by atoms with Gasteiger partial charge in [-0.2, -0.15) is 5.26 Å². The molecule has 2 aromatic carbocycles. The third-order valence-corrected chi connectivity index (χ3v) is 3.26. The van der Waals surface area contributed by atoms with E-state index in [-0.39, 0.29) is 11.3 Å². The second-order valence-electron chi connectivity index (χ2n) is 4.48. The Morgan fingerprint density at radius 2 is 2.09 bits per heavy atom. The molecule has 0 unspecified atom stereocenters. The summed E-state index contributed by atoms with van der Waals surface area (Å²) in [5.74, 6) is 0.328. The second kappa shape index (κ2) is 5.82. The first-order chi connectivity index (χ1) is 11.1. The fourth-order valence-electron chi connectivity index (χ4n) is 1.96. The summed E-state index contributed by atoms with van der Waals surface area (Å²) in [5, 5.41) is 32.5. The third-order valence-electron chi connectivity index (χ3n) is 3.02. The molecule has 0 N–H and O–H groups in total. The van der Waals surface area contributed by atoms with Crippen molar-refractivity contribution in [3.05, 3.63) is 63.2 Å². The van der Waals surface area contributed by atoms with Gasteiger partial charge in [-0.25, -0.2) is 0 Å². The molecule has 0 saturated carbocycles. The van der Waals surface area contributed by atoms with Crippen LogP contribution in [0.3, 0.4) is 0 Å². The molecule has 0 spiro atoms. The standard InChI is InChI=1S/C14H7ClN6O2/c15-11-3-1-2-9(6-11)14-17-19-20(18-14)13-5-4-12(21(22)23)7-10(13)8-16/h1-7H. The van der Waals surface area contributed by atoms with E-state index in [0.717, 1.165) is 10.9 Å². The topological polar surface area (TPSA) is 111 Å². The van der Waals surface area contributed by atoms with Gasteiger partial charge in [0.15, 0.2) is 0 Å². The highest BCUT2D eigenvalue weighted by atomic mass is 35.5. The zero-order chi connectivity index (χ0) is 16.4. The molecule has 0 amide bonds. The zero-order valence-corrected chi connectivity index (χ0v) is 12.2. The maximum Gasteiger partial charge on any atom is 0.270 e. The quantitative estimate of drug-likeness (QED) is 0.540. The average molecular weight is 327 g/mol. The largest absolute Gasteiger partial charge is 0.270 e. The fourth-order valence-corrected chi connectivity index (χ4v) is 2.15. The van der Waals surface area contributed by atoms with Gasteiger partial charge in [-0.05, 0) is 23.4 Å². The minimum absolute atomic E-state index is 0.0780. The van der Waals surface area contributed by atoms with Crippen molar-refractivity contribution in [1.82, 2.24) is 20.2 Å². The molecule has 112 valence electrons. The van der Waals surface area contributed by atoms with Crippen molar-refractivity contribution < 1.29 is 4.92 Å². The van der Waals surface area contributed by atoms with Crippen molar-refractivity contribution in [2.45, 2.75) is 0 Å². The summed E-state index contributed by atoms with van der Waals surface area (Å²) in [6, 6.07) is 12.7. The number of nitrogens with zero attached hydrogens (tertiary/aromatic N) is 6. The maximum absolute atomic E-state index is 10.8.